The number of hydrogen-bond acceptors (Lipinski definition) is 7. The van der Waals surface area contributed by atoms with Crippen LogP contribution in [0.25, 0.3) is 11.5 Å². The number of aromatic nitrogens is 3. The Hall–Kier alpha value is -2.54. The lowest BCUT2D eigenvalue weighted by atomic mass is 10.1. The van der Waals surface area contributed by atoms with E-state index in [0.29, 0.717) is 23.5 Å². The first kappa shape index (κ1) is 18.3. The maximum Gasteiger partial charge on any atom is 0.277 e. The van der Waals surface area contributed by atoms with Gasteiger partial charge in [-0.2, -0.15) is 0 Å². The van der Waals surface area contributed by atoms with Crippen LogP contribution in [0.3, 0.4) is 0 Å². The third-order valence-corrected chi connectivity index (χ3v) is 4.74. The maximum atomic E-state index is 5.80. The summed E-state index contributed by atoms with van der Waals surface area (Å²) in [6, 6.07) is 7.63. The second-order valence-electron chi connectivity index (χ2n) is 5.64. The zero-order chi connectivity index (χ0) is 18.5. The summed E-state index contributed by atoms with van der Waals surface area (Å²) in [6.45, 7) is 6.51. The van der Waals surface area contributed by atoms with E-state index in [4.69, 9.17) is 13.9 Å². The number of benzene rings is 1. The summed E-state index contributed by atoms with van der Waals surface area (Å²) in [6.07, 6.45) is 1.82. The average Bonchev–Trinajstić information content (AvgIpc) is 3.11. The molecule has 0 spiro atoms. The molecule has 2 heterocycles. The number of rotatable bonds is 7. The predicted octanol–water partition coefficient (Wildman–Crippen LogP) is 4.45. The highest BCUT2D eigenvalue weighted by atomic mass is 32.2. The van der Waals surface area contributed by atoms with Crippen molar-refractivity contribution in [3.8, 4) is 23.0 Å². The lowest BCUT2D eigenvalue weighted by Gasteiger charge is -2.11. The minimum Gasteiger partial charge on any atom is -0.496 e. The lowest BCUT2D eigenvalue weighted by molar-refractivity contribution is 0.340. The zero-order valence-corrected chi connectivity index (χ0v) is 16.1. The lowest BCUT2D eigenvalue weighted by Crippen LogP contribution is -1.98. The molecule has 0 bridgehead atoms. The summed E-state index contributed by atoms with van der Waals surface area (Å²) in [5.41, 5.74) is 3.78. The van der Waals surface area contributed by atoms with E-state index in [1.54, 1.807) is 7.11 Å². The Morgan fingerprint density at radius 1 is 1.15 bits per heavy atom. The number of pyridine rings is 1. The van der Waals surface area contributed by atoms with Gasteiger partial charge in [0.25, 0.3) is 11.1 Å². The van der Waals surface area contributed by atoms with E-state index in [1.165, 1.54) is 11.8 Å². The molecule has 0 aliphatic carbocycles. The van der Waals surface area contributed by atoms with Crippen LogP contribution in [0.15, 0.2) is 40.1 Å². The van der Waals surface area contributed by atoms with Crippen molar-refractivity contribution in [1.29, 1.82) is 0 Å². The first-order valence-electron chi connectivity index (χ1n) is 8.31. The summed E-state index contributed by atoms with van der Waals surface area (Å²) in [5.74, 6) is 2.67. The summed E-state index contributed by atoms with van der Waals surface area (Å²) in [7, 11) is 1.67. The van der Waals surface area contributed by atoms with Gasteiger partial charge in [-0.1, -0.05) is 23.9 Å². The van der Waals surface area contributed by atoms with Crippen LogP contribution < -0.4 is 9.47 Å². The molecule has 0 aliphatic rings. The normalized spacial score (nSPS) is 10.8. The van der Waals surface area contributed by atoms with Gasteiger partial charge in [-0.15, -0.1) is 10.2 Å². The molecule has 0 atom stereocenters. The number of thioether (sulfide) groups is 1. The largest absolute Gasteiger partial charge is 0.496 e. The van der Waals surface area contributed by atoms with Crippen molar-refractivity contribution in [3.63, 3.8) is 0 Å². The topological polar surface area (TPSA) is 70.3 Å². The van der Waals surface area contributed by atoms with E-state index in [-0.39, 0.29) is 0 Å². The van der Waals surface area contributed by atoms with Crippen molar-refractivity contribution in [2.24, 2.45) is 0 Å². The van der Waals surface area contributed by atoms with Gasteiger partial charge < -0.3 is 13.9 Å². The van der Waals surface area contributed by atoms with Crippen molar-refractivity contribution in [2.45, 2.75) is 31.7 Å². The Balaban J connectivity index is 1.76. The first-order valence-corrected chi connectivity index (χ1v) is 9.30. The van der Waals surface area contributed by atoms with Crippen molar-refractivity contribution < 1.29 is 13.9 Å². The fraction of sp³-hybridized carbons (Fsp3) is 0.316. The number of aryl methyl sites for hydroxylation is 1. The number of nitrogens with zero attached hydrogens (tertiary/aromatic N) is 3. The molecular formula is C19H21N3O3S. The van der Waals surface area contributed by atoms with Crippen molar-refractivity contribution >= 4 is 11.8 Å². The fourth-order valence-corrected chi connectivity index (χ4v) is 3.44. The molecule has 3 rings (SSSR count). The second-order valence-corrected chi connectivity index (χ2v) is 6.56. The molecule has 0 saturated carbocycles. The van der Waals surface area contributed by atoms with Crippen LogP contribution in [-0.2, 0) is 5.75 Å². The van der Waals surface area contributed by atoms with Crippen LogP contribution in [0, 0.1) is 13.8 Å². The number of para-hydroxylation sites is 1. The molecule has 6 nitrogen and oxygen atoms in total. The molecule has 26 heavy (non-hydrogen) atoms. The van der Waals surface area contributed by atoms with E-state index >= 15 is 0 Å². The molecule has 1 aromatic carbocycles. The van der Waals surface area contributed by atoms with Crippen LogP contribution in [0.4, 0.5) is 0 Å². The van der Waals surface area contributed by atoms with E-state index in [2.05, 4.69) is 15.2 Å². The Labute approximate surface area is 157 Å². The van der Waals surface area contributed by atoms with Crippen molar-refractivity contribution in [2.75, 3.05) is 13.7 Å². The number of methoxy groups -OCH3 is 1. The van der Waals surface area contributed by atoms with Gasteiger partial charge in [0.2, 0.25) is 0 Å². The van der Waals surface area contributed by atoms with E-state index < -0.39 is 0 Å². The summed E-state index contributed by atoms with van der Waals surface area (Å²) < 4.78 is 16.9. The monoisotopic (exact) mass is 371 g/mol. The molecule has 0 fully saturated rings. The fourth-order valence-electron chi connectivity index (χ4n) is 2.65. The van der Waals surface area contributed by atoms with Crippen LogP contribution >= 0.6 is 11.8 Å². The van der Waals surface area contributed by atoms with Crippen LogP contribution in [0.2, 0.25) is 0 Å². The van der Waals surface area contributed by atoms with Crippen molar-refractivity contribution in [3.05, 3.63) is 47.3 Å². The molecule has 0 radical (unpaired) electrons. The van der Waals surface area contributed by atoms with Gasteiger partial charge in [0.1, 0.15) is 11.5 Å². The minimum atomic E-state index is 0.447. The standard InChI is InChI=1S/C19H21N3O3S/c1-5-24-16-9-7-6-8-14(16)18-21-22-19(25-18)26-11-15-13(3)17(23-4)12(2)10-20-15/h6-10H,5,11H2,1-4H3. The van der Waals surface area contributed by atoms with Gasteiger partial charge in [-0.3, -0.25) is 4.98 Å². The smallest absolute Gasteiger partial charge is 0.277 e. The third-order valence-electron chi connectivity index (χ3n) is 3.91. The highest BCUT2D eigenvalue weighted by Crippen LogP contribution is 2.32. The third kappa shape index (κ3) is 3.83. The summed E-state index contributed by atoms with van der Waals surface area (Å²) in [5, 5.41) is 8.77. The van der Waals surface area contributed by atoms with E-state index in [0.717, 1.165) is 33.9 Å². The highest BCUT2D eigenvalue weighted by Gasteiger charge is 2.15. The second kappa shape index (κ2) is 8.23. The highest BCUT2D eigenvalue weighted by molar-refractivity contribution is 7.98. The Kier molecular flexibility index (Phi) is 5.78. The van der Waals surface area contributed by atoms with Crippen LogP contribution in [0.1, 0.15) is 23.7 Å². The number of hydrogen-bond donors (Lipinski definition) is 0. The average molecular weight is 371 g/mol. The van der Waals surface area contributed by atoms with Gasteiger partial charge in [0.15, 0.2) is 0 Å². The molecule has 0 aliphatic heterocycles. The minimum absolute atomic E-state index is 0.447. The van der Waals surface area contributed by atoms with Crippen LogP contribution in [0.5, 0.6) is 11.5 Å². The summed E-state index contributed by atoms with van der Waals surface area (Å²) in [4.78, 5) is 4.49. The first-order chi connectivity index (χ1) is 12.6. The Morgan fingerprint density at radius 3 is 2.73 bits per heavy atom. The Morgan fingerprint density at radius 2 is 1.96 bits per heavy atom. The molecule has 7 heteroatoms. The quantitative estimate of drug-likeness (QED) is 0.568. The van der Waals surface area contributed by atoms with Gasteiger partial charge in [-0.05, 0) is 32.9 Å². The summed E-state index contributed by atoms with van der Waals surface area (Å²) >= 11 is 1.45. The predicted molar refractivity (Wildman–Crippen MR) is 101 cm³/mol. The van der Waals surface area contributed by atoms with E-state index in [9.17, 15) is 0 Å². The SMILES string of the molecule is CCOc1ccccc1-c1nnc(SCc2ncc(C)c(OC)c2C)o1. The zero-order valence-electron chi connectivity index (χ0n) is 15.3. The van der Waals surface area contributed by atoms with Gasteiger partial charge in [-0.25, -0.2) is 0 Å². The molecule has 3 aromatic rings. The molecule has 0 saturated heterocycles. The molecule has 136 valence electrons. The van der Waals surface area contributed by atoms with Gasteiger partial charge in [0, 0.05) is 23.1 Å². The van der Waals surface area contributed by atoms with Gasteiger partial charge in [0.05, 0.1) is 25.0 Å². The molecule has 0 N–H and O–H groups in total. The molecular weight excluding hydrogens is 350 g/mol. The Bertz CT molecular complexity index is 895. The van der Waals surface area contributed by atoms with E-state index in [1.807, 2.05) is 51.2 Å². The molecule has 0 unspecified atom stereocenters. The molecule has 0 amide bonds. The van der Waals surface area contributed by atoms with Crippen molar-refractivity contribution in [1.82, 2.24) is 15.2 Å². The molecule has 2 aromatic heterocycles. The van der Waals surface area contributed by atoms with Crippen LogP contribution in [-0.4, -0.2) is 28.9 Å². The number of ether oxygens (including phenoxy) is 2. The maximum absolute atomic E-state index is 5.80. The van der Waals surface area contributed by atoms with Gasteiger partial charge >= 0.3 is 0 Å².